The van der Waals surface area contributed by atoms with Crippen LogP contribution in [-0.4, -0.2) is 21.9 Å². The Kier molecular flexibility index (Phi) is 5.36. The van der Waals surface area contributed by atoms with Crippen molar-refractivity contribution < 1.29 is 9.18 Å². The van der Waals surface area contributed by atoms with E-state index in [9.17, 15) is 9.18 Å². The third-order valence-corrected chi connectivity index (χ3v) is 7.22. The maximum absolute atomic E-state index is 13.9. The van der Waals surface area contributed by atoms with Gasteiger partial charge in [-0.25, -0.2) is 9.37 Å². The number of hydrogen-bond donors (Lipinski definition) is 2. The summed E-state index contributed by atoms with van der Waals surface area (Å²) in [5.41, 5.74) is 9.03. The number of fused-ring (bicyclic) bond motifs is 2. The van der Waals surface area contributed by atoms with E-state index in [4.69, 9.17) is 12.2 Å². The van der Waals surface area contributed by atoms with Gasteiger partial charge in [0.05, 0.1) is 11.6 Å². The molecule has 32 heavy (non-hydrogen) atoms. The van der Waals surface area contributed by atoms with Crippen molar-refractivity contribution in [3.8, 4) is 12.3 Å². The van der Waals surface area contributed by atoms with Crippen LogP contribution in [0.1, 0.15) is 42.7 Å². The van der Waals surface area contributed by atoms with Crippen molar-refractivity contribution in [3.05, 3.63) is 65.7 Å². The number of benzene rings is 1. The Hall–Kier alpha value is -3.30. The van der Waals surface area contributed by atoms with Crippen LogP contribution >= 0.6 is 0 Å². The molecule has 0 saturated heterocycles. The number of hydrogen-bond acceptors (Lipinski definition) is 4. The lowest BCUT2D eigenvalue weighted by molar-refractivity contribution is -0.118. The van der Waals surface area contributed by atoms with Gasteiger partial charge in [-0.05, 0) is 91.3 Å². The van der Waals surface area contributed by atoms with Crippen LogP contribution < -0.4 is 11.1 Å². The van der Waals surface area contributed by atoms with Crippen molar-refractivity contribution in [2.75, 3.05) is 5.32 Å². The maximum Gasteiger partial charge on any atom is 0.242 e. The minimum Gasteiger partial charge on any atom is -0.320 e. The van der Waals surface area contributed by atoms with E-state index in [1.807, 2.05) is 12.3 Å². The standard InChI is InChI=1S/C26H25FN4O/c1-2-15-3-6-24(30-14-15)31-26(32)25(28)19-11-16-9-18(10-17(16)12-19)21-7-8-29-23-5-4-20(27)13-22(21)23/h1,3-8,13-14,16-19,25H,9-12,28H2,(H,30,31,32)/t16-,17+,18?,19?,25?. The van der Waals surface area contributed by atoms with Gasteiger partial charge in [0, 0.05) is 23.3 Å². The number of nitrogens with one attached hydrogen (secondary N) is 1. The van der Waals surface area contributed by atoms with E-state index in [-0.39, 0.29) is 17.6 Å². The minimum absolute atomic E-state index is 0.155. The number of carbonyl (C=O) groups is 1. The fourth-order valence-corrected chi connectivity index (χ4v) is 5.68. The number of terminal acetylenes is 1. The highest BCUT2D eigenvalue weighted by Crippen LogP contribution is 2.53. The van der Waals surface area contributed by atoms with Gasteiger partial charge >= 0.3 is 0 Å². The van der Waals surface area contributed by atoms with Crippen LogP contribution in [0.2, 0.25) is 0 Å². The highest BCUT2D eigenvalue weighted by Gasteiger charge is 2.45. The van der Waals surface area contributed by atoms with Crippen molar-refractivity contribution in [2.24, 2.45) is 23.5 Å². The smallest absolute Gasteiger partial charge is 0.242 e. The Morgan fingerprint density at radius 1 is 1.12 bits per heavy atom. The number of nitrogens with zero attached hydrogens (tertiary/aromatic N) is 2. The van der Waals surface area contributed by atoms with Gasteiger partial charge in [0.1, 0.15) is 11.6 Å². The lowest BCUT2D eigenvalue weighted by Gasteiger charge is -2.21. The molecule has 3 aromatic rings. The Labute approximate surface area is 186 Å². The molecule has 2 saturated carbocycles. The molecule has 5 atom stereocenters. The summed E-state index contributed by atoms with van der Waals surface area (Å²) < 4.78 is 13.9. The summed E-state index contributed by atoms with van der Waals surface area (Å²) >= 11 is 0. The van der Waals surface area contributed by atoms with Crippen LogP contribution in [0.4, 0.5) is 10.2 Å². The Balaban J connectivity index is 1.23. The lowest BCUT2D eigenvalue weighted by Crippen LogP contribution is -2.41. The van der Waals surface area contributed by atoms with Crippen molar-refractivity contribution >= 4 is 22.6 Å². The number of nitrogens with two attached hydrogens (primary N) is 1. The summed E-state index contributed by atoms with van der Waals surface area (Å²) in [6, 6.07) is 9.69. The zero-order chi connectivity index (χ0) is 22.2. The molecule has 2 fully saturated rings. The molecular formula is C26H25FN4O. The average molecular weight is 429 g/mol. The monoisotopic (exact) mass is 428 g/mol. The third kappa shape index (κ3) is 3.85. The van der Waals surface area contributed by atoms with Gasteiger partial charge in [0.25, 0.3) is 0 Å². The number of anilines is 1. The fourth-order valence-electron chi connectivity index (χ4n) is 5.68. The summed E-state index contributed by atoms with van der Waals surface area (Å²) in [7, 11) is 0. The quantitative estimate of drug-likeness (QED) is 0.609. The van der Waals surface area contributed by atoms with E-state index >= 15 is 0 Å². The molecule has 162 valence electrons. The van der Waals surface area contributed by atoms with E-state index < -0.39 is 6.04 Å². The Morgan fingerprint density at radius 3 is 2.59 bits per heavy atom. The fraction of sp³-hybridized carbons (Fsp3) is 0.346. The molecule has 1 aromatic carbocycles. The first-order valence-corrected chi connectivity index (χ1v) is 11.0. The molecule has 2 aliphatic rings. The van der Waals surface area contributed by atoms with Gasteiger partial charge in [-0.1, -0.05) is 5.92 Å². The molecule has 6 heteroatoms. The zero-order valence-electron chi connectivity index (χ0n) is 17.7. The third-order valence-electron chi connectivity index (χ3n) is 7.22. The number of amides is 1. The molecule has 3 N–H and O–H groups in total. The Morgan fingerprint density at radius 2 is 1.91 bits per heavy atom. The summed E-state index contributed by atoms with van der Waals surface area (Å²) in [6.45, 7) is 0. The van der Waals surface area contributed by atoms with E-state index in [2.05, 4.69) is 21.2 Å². The summed E-state index contributed by atoms with van der Waals surface area (Å²) in [5, 5.41) is 3.72. The van der Waals surface area contributed by atoms with Crippen LogP contribution in [0.5, 0.6) is 0 Å². The molecule has 0 radical (unpaired) electrons. The summed E-state index contributed by atoms with van der Waals surface area (Å²) in [4.78, 5) is 21.2. The lowest BCUT2D eigenvalue weighted by atomic mass is 9.88. The number of rotatable bonds is 4. The van der Waals surface area contributed by atoms with Crippen molar-refractivity contribution in [3.63, 3.8) is 0 Å². The second-order valence-electron chi connectivity index (χ2n) is 9.07. The molecule has 1 amide bonds. The predicted octanol–water partition coefficient (Wildman–Crippen LogP) is 4.24. The van der Waals surface area contributed by atoms with Gasteiger partial charge in [-0.3, -0.25) is 9.78 Å². The number of halogens is 1. The first-order chi connectivity index (χ1) is 15.5. The molecule has 0 spiro atoms. The number of aromatic nitrogens is 2. The van der Waals surface area contributed by atoms with Crippen molar-refractivity contribution in [1.29, 1.82) is 0 Å². The van der Waals surface area contributed by atoms with Crippen molar-refractivity contribution in [1.82, 2.24) is 9.97 Å². The van der Waals surface area contributed by atoms with E-state index in [0.717, 1.165) is 36.6 Å². The van der Waals surface area contributed by atoms with Gasteiger partial charge in [0.15, 0.2) is 0 Å². The highest BCUT2D eigenvalue weighted by molar-refractivity contribution is 5.94. The van der Waals surface area contributed by atoms with Gasteiger partial charge in [0.2, 0.25) is 5.91 Å². The van der Waals surface area contributed by atoms with Crippen LogP contribution in [0.3, 0.4) is 0 Å². The SMILES string of the molecule is C#Cc1ccc(NC(=O)C(N)C2C[C@H]3CC(c4ccnc5ccc(F)cc45)C[C@H]3C2)nc1. The Bertz CT molecular complexity index is 1190. The normalized spacial score (nSPS) is 25.3. The molecule has 0 bridgehead atoms. The van der Waals surface area contributed by atoms with E-state index in [1.165, 1.54) is 11.6 Å². The summed E-state index contributed by atoms with van der Waals surface area (Å²) in [5.74, 6) is 4.14. The molecule has 2 heterocycles. The predicted molar refractivity (Wildman–Crippen MR) is 122 cm³/mol. The highest BCUT2D eigenvalue weighted by atomic mass is 19.1. The minimum atomic E-state index is -0.566. The number of carbonyl (C=O) groups excluding carboxylic acids is 1. The molecule has 2 aliphatic carbocycles. The summed E-state index contributed by atoms with van der Waals surface area (Å²) in [6.07, 6.45) is 12.7. The topological polar surface area (TPSA) is 80.9 Å². The second kappa shape index (κ2) is 8.33. The largest absolute Gasteiger partial charge is 0.320 e. The van der Waals surface area contributed by atoms with Crippen molar-refractivity contribution in [2.45, 2.75) is 37.6 Å². The molecular weight excluding hydrogens is 403 g/mol. The van der Waals surface area contributed by atoms with Crippen LogP contribution in [0, 0.1) is 35.9 Å². The van der Waals surface area contributed by atoms with E-state index in [0.29, 0.717) is 29.1 Å². The number of pyridine rings is 2. The zero-order valence-corrected chi connectivity index (χ0v) is 17.7. The molecule has 5 nitrogen and oxygen atoms in total. The van der Waals surface area contributed by atoms with Crippen LogP contribution in [-0.2, 0) is 4.79 Å². The van der Waals surface area contributed by atoms with E-state index in [1.54, 1.807) is 30.5 Å². The molecule has 5 rings (SSSR count). The molecule has 0 aliphatic heterocycles. The second-order valence-corrected chi connectivity index (χ2v) is 9.07. The maximum atomic E-state index is 13.9. The van der Waals surface area contributed by atoms with Crippen LogP contribution in [0.15, 0.2) is 48.8 Å². The van der Waals surface area contributed by atoms with Gasteiger partial charge in [-0.2, -0.15) is 0 Å². The van der Waals surface area contributed by atoms with Gasteiger partial charge < -0.3 is 11.1 Å². The molecule has 2 aromatic heterocycles. The average Bonchev–Trinajstić information content (AvgIpc) is 3.38. The van der Waals surface area contributed by atoms with Crippen LogP contribution in [0.25, 0.3) is 10.9 Å². The first-order valence-electron chi connectivity index (χ1n) is 11.0. The van der Waals surface area contributed by atoms with Gasteiger partial charge in [-0.15, -0.1) is 6.42 Å². The molecule has 3 unspecified atom stereocenters. The first kappa shape index (κ1) is 20.6.